The number of benzene rings is 2. The summed E-state index contributed by atoms with van der Waals surface area (Å²) in [5.41, 5.74) is 6.98. The maximum Gasteiger partial charge on any atom is 0.221 e. The smallest absolute Gasteiger partial charge is 0.221 e. The molecule has 0 aliphatic carbocycles. The molecule has 0 aromatic heterocycles. The summed E-state index contributed by atoms with van der Waals surface area (Å²) in [7, 11) is 0. The third kappa shape index (κ3) is 3.26. The number of hydrogen-bond acceptors (Lipinski definition) is 3. The van der Waals surface area contributed by atoms with E-state index in [2.05, 4.69) is 5.32 Å². The number of nitrogen functional groups attached to an aromatic ring is 1. The molecule has 98 valence electrons. The van der Waals surface area contributed by atoms with Crippen LogP contribution in [0.4, 0.5) is 15.8 Å². The van der Waals surface area contributed by atoms with Crippen LogP contribution in [0, 0.1) is 5.82 Å². The number of halogens is 1. The summed E-state index contributed by atoms with van der Waals surface area (Å²) in [6, 6.07) is 11.6. The van der Waals surface area contributed by atoms with Gasteiger partial charge in [0.15, 0.2) is 0 Å². The minimum absolute atomic E-state index is 0.194. The van der Waals surface area contributed by atoms with Crippen LogP contribution in [0.15, 0.2) is 52.3 Å². The Labute approximate surface area is 115 Å². The molecule has 3 N–H and O–H groups in total. The Balaban J connectivity index is 2.39. The van der Waals surface area contributed by atoms with Crippen LogP contribution in [0.3, 0.4) is 0 Å². The first-order chi connectivity index (χ1) is 9.08. The van der Waals surface area contributed by atoms with E-state index < -0.39 is 0 Å². The van der Waals surface area contributed by atoms with Crippen LogP contribution in [0.1, 0.15) is 6.92 Å². The monoisotopic (exact) mass is 276 g/mol. The minimum atomic E-state index is -0.315. The Morgan fingerprint density at radius 3 is 2.63 bits per heavy atom. The first-order valence-electron chi connectivity index (χ1n) is 5.66. The third-order valence-electron chi connectivity index (χ3n) is 2.40. The molecule has 5 heteroatoms. The highest BCUT2D eigenvalue weighted by atomic mass is 32.2. The molecular formula is C14H13FN2OS. The number of carbonyl (C=O) groups is 1. The summed E-state index contributed by atoms with van der Waals surface area (Å²) in [5, 5.41) is 2.69. The fraction of sp³-hybridized carbons (Fsp3) is 0.0714. The number of nitrogens with one attached hydrogen (secondary N) is 1. The lowest BCUT2D eigenvalue weighted by molar-refractivity contribution is -0.114. The Kier molecular flexibility index (Phi) is 4.06. The quantitative estimate of drug-likeness (QED) is 0.843. The van der Waals surface area contributed by atoms with Gasteiger partial charge >= 0.3 is 0 Å². The Bertz CT molecular complexity index is 616. The van der Waals surface area contributed by atoms with Crippen molar-refractivity contribution in [2.45, 2.75) is 16.7 Å². The summed E-state index contributed by atoms with van der Waals surface area (Å²) < 4.78 is 13.7. The summed E-state index contributed by atoms with van der Waals surface area (Å²) in [6.45, 7) is 1.42. The van der Waals surface area contributed by atoms with Crippen molar-refractivity contribution >= 4 is 29.0 Å². The first-order valence-corrected chi connectivity index (χ1v) is 6.48. The minimum Gasteiger partial charge on any atom is -0.398 e. The van der Waals surface area contributed by atoms with Gasteiger partial charge in [0.2, 0.25) is 5.91 Å². The highest BCUT2D eigenvalue weighted by molar-refractivity contribution is 7.99. The Morgan fingerprint density at radius 1 is 1.21 bits per heavy atom. The molecule has 0 spiro atoms. The van der Waals surface area contributed by atoms with Gasteiger partial charge in [-0.05, 0) is 24.3 Å². The van der Waals surface area contributed by atoms with Crippen LogP contribution in [-0.2, 0) is 4.79 Å². The van der Waals surface area contributed by atoms with Gasteiger partial charge in [-0.25, -0.2) is 4.39 Å². The molecule has 2 aromatic rings. The zero-order valence-electron chi connectivity index (χ0n) is 10.3. The lowest BCUT2D eigenvalue weighted by Crippen LogP contribution is -2.07. The number of rotatable bonds is 3. The van der Waals surface area contributed by atoms with Crippen molar-refractivity contribution in [2.75, 3.05) is 11.1 Å². The lowest BCUT2D eigenvalue weighted by Gasteiger charge is -2.12. The van der Waals surface area contributed by atoms with E-state index in [0.717, 1.165) is 0 Å². The number of carbonyl (C=O) groups excluding carboxylic acids is 1. The van der Waals surface area contributed by atoms with Crippen molar-refractivity contribution in [2.24, 2.45) is 0 Å². The molecule has 0 atom stereocenters. The molecular weight excluding hydrogens is 263 g/mol. The largest absolute Gasteiger partial charge is 0.398 e. The summed E-state index contributed by atoms with van der Waals surface area (Å²) >= 11 is 1.19. The molecule has 0 aliphatic heterocycles. The number of amides is 1. The van der Waals surface area contributed by atoms with E-state index in [1.165, 1.54) is 24.8 Å². The number of hydrogen-bond donors (Lipinski definition) is 2. The van der Waals surface area contributed by atoms with E-state index in [1.54, 1.807) is 36.4 Å². The van der Waals surface area contributed by atoms with Crippen molar-refractivity contribution in [3.63, 3.8) is 0 Å². The number of anilines is 2. The van der Waals surface area contributed by atoms with Gasteiger partial charge in [0.05, 0.1) is 10.6 Å². The van der Waals surface area contributed by atoms with Crippen molar-refractivity contribution < 1.29 is 9.18 Å². The average molecular weight is 276 g/mol. The van der Waals surface area contributed by atoms with Gasteiger partial charge in [-0.1, -0.05) is 30.0 Å². The topological polar surface area (TPSA) is 55.1 Å². The predicted molar refractivity (Wildman–Crippen MR) is 75.7 cm³/mol. The molecule has 0 bridgehead atoms. The van der Waals surface area contributed by atoms with Gasteiger partial charge < -0.3 is 11.1 Å². The SMILES string of the molecule is CC(=O)Nc1cccc(N)c1Sc1ccccc1F. The highest BCUT2D eigenvalue weighted by Gasteiger charge is 2.11. The van der Waals surface area contributed by atoms with E-state index in [0.29, 0.717) is 21.2 Å². The zero-order valence-corrected chi connectivity index (χ0v) is 11.1. The Morgan fingerprint density at radius 2 is 1.95 bits per heavy atom. The van der Waals surface area contributed by atoms with Gasteiger partial charge in [-0.15, -0.1) is 0 Å². The standard InChI is InChI=1S/C14H13FN2OS/c1-9(18)17-12-7-4-6-11(16)14(12)19-13-8-3-2-5-10(13)15/h2-8H,16H2,1H3,(H,17,18). The lowest BCUT2D eigenvalue weighted by atomic mass is 10.3. The molecule has 2 rings (SSSR count). The molecule has 1 amide bonds. The molecule has 0 radical (unpaired) electrons. The second-order valence-corrected chi connectivity index (χ2v) is 4.99. The second kappa shape index (κ2) is 5.75. The number of nitrogens with two attached hydrogens (primary N) is 1. The zero-order chi connectivity index (χ0) is 13.8. The van der Waals surface area contributed by atoms with Crippen LogP contribution >= 0.6 is 11.8 Å². The van der Waals surface area contributed by atoms with Gasteiger partial charge in [0.1, 0.15) is 5.82 Å². The van der Waals surface area contributed by atoms with Crippen molar-refractivity contribution in [3.05, 3.63) is 48.3 Å². The van der Waals surface area contributed by atoms with Crippen molar-refractivity contribution in [3.8, 4) is 0 Å². The molecule has 0 heterocycles. The molecule has 0 fully saturated rings. The molecule has 19 heavy (non-hydrogen) atoms. The van der Waals surface area contributed by atoms with Gasteiger partial charge in [-0.2, -0.15) is 0 Å². The fourth-order valence-electron chi connectivity index (χ4n) is 1.59. The maximum absolute atomic E-state index is 13.7. The van der Waals surface area contributed by atoms with Gasteiger partial charge in [-0.3, -0.25) is 4.79 Å². The van der Waals surface area contributed by atoms with Crippen molar-refractivity contribution in [1.29, 1.82) is 0 Å². The summed E-state index contributed by atoms with van der Waals surface area (Å²) in [5.74, 6) is -0.509. The van der Waals surface area contributed by atoms with Gasteiger partial charge in [0, 0.05) is 17.5 Å². The van der Waals surface area contributed by atoms with E-state index in [9.17, 15) is 9.18 Å². The van der Waals surface area contributed by atoms with Crippen LogP contribution in [0.5, 0.6) is 0 Å². The average Bonchev–Trinajstić information content (AvgIpc) is 2.35. The third-order valence-corrected chi connectivity index (χ3v) is 3.62. The van der Waals surface area contributed by atoms with E-state index in [4.69, 9.17) is 5.73 Å². The normalized spacial score (nSPS) is 10.2. The molecule has 2 aromatic carbocycles. The van der Waals surface area contributed by atoms with E-state index in [1.807, 2.05) is 0 Å². The van der Waals surface area contributed by atoms with Crippen molar-refractivity contribution in [1.82, 2.24) is 0 Å². The van der Waals surface area contributed by atoms with Crippen LogP contribution in [-0.4, -0.2) is 5.91 Å². The molecule has 0 unspecified atom stereocenters. The summed E-state index contributed by atoms with van der Waals surface area (Å²) in [6.07, 6.45) is 0. The van der Waals surface area contributed by atoms with E-state index >= 15 is 0 Å². The van der Waals surface area contributed by atoms with Crippen LogP contribution in [0.25, 0.3) is 0 Å². The fourth-order valence-corrected chi connectivity index (χ4v) is 2.54. The summed E-state index contributed by atoms with van der Waals surface area (Å²) in [4.78, 5) is 12.3. The first kappa shape index (κ1) is 13.4. The van der Waals surface area contributed by atoms with Gasteiger partial charge in [0.25, 0.3) is 0 Å². The Hall–Kier alpha value is -2.01. The molecule has 3 nitrogen and oxygen atoms in total. The van der Waals surface area contributed by atoms with Crippen LogP contribution in [0.2, 0.25) is 0 Å². The van der Waals surface area contributed by atoms with Crippen LogP contribution < -0.4 is 11.1 Å². The van der Waals surface area contributed by atoms with E-state index in [-0.39, 0.29) is 11.7 Å². The second-order valence-electron chi connectivity index (χ2n) is 3.94. The molecule has 0 aliphatic rings. The maximum atomic E-state index is 13.7. The predicted octanol–water partition coefficient (Wildman–Crippen LogP) is 3.52. The molecule has 0 saturated carbocycles. The molecule has 0 saturated heterocycles. The highest BCUT2D eigenvalue weighted by Crippen LogP contribution is 2.38.